The summed E-state index contributed by atoms with van der Waals surface area (Å²) in [4.78, 5) is 41.6. The lowest BCUT2D eigenvalue weighted by atomic mass is 10.0. The number of benzene rings is 2. The van der Waals surface area contributed by atoms with E-state index in [1.165, 1.54) is 0 Å². The molecule has 4 rings (SSSR count). The van der Waals surface area contributed by atoms with Gasteiger partial charge in [-0.2, -0.15) is 0 Å². The first-order valence-electron chi connectivity index (χ1n) is 10.3. The highest BCUT2D eigenvalue weighted by molar-refractivity contribution is 6.42. The number of hydrogen-bond donors (Lipinski definition) is 0. The van der Waals surface area contributed by atoms with Gasteiger partial charge in [0, 0.05) is 42.4 Å². The Labute approximate surface area is 181 Å². The molecule has 158 valence electrons. The van der Waals surface area contributed by atoms with Gasteiger partial charge in [0.15, 0.2) is 0 Å². The molecule has 6 nitrogen and oxygen atoms in total. The van der Waals surface area contributed by atoms with E-state index in [4.69, 9.17) is 4.42 Å². The third-order valence-corrected chi connectivity index (χ3v) is 5.56. The van der Waals surface area contributed by atoms with Crippen molar-refractivity contribution in [3.05, 3.63) is 83.6 Å². The number of furan rings is 1. The molecule has 0 N–H and O–H groups in total. The summed E-state index contributed by atoms with van der Waals surface area (Å²) in [5.74, 6) is 0.382. The molecule has 1 saturated heterocycles. The fourth-order valence-electron chi connectivity index (χ4n) is 3.84. The topological polar surface area (TPSA) is 70.8 Å². The van der Waals surface area contributed by atoms with Gasteiger partial charge in [0.2, 0.25) is 5.78 Å². The molecular weight excluding hydrogens is 392 g/mol. The highest BCUT2D eigenvalue weighted by Gasteiger charge is 2.33. The number of carbonyl (C=O) groups is 3. The normalized spacial score (nSPS) is 16.3. The van der Waals surface area contributed by atoms with Crippen LogP contribution in [-0.2, 0) is 4.79 Å². The molecule has 0 aliphatic carbocycles. The zero-order valence-corrected chi connectivity index (χ0v) is 17.6. The lowest BCUT2D eigenvalue weighted by molar-refractivity contribution is -0.130. The number of rotatable bonds is 4. The van der Waals surface area contributed by atoms with E-state index >= 15 is 0 Å². The van der Waals surface area contributed by atoms with E-state index in [0.29, 0.717) is 30.8 Å². The molecule has 3 aromatic rings. The van der Waals surface area contributed by atoms with Crippen molar-refractivity contribution in [3.63, 3.8) is 0 Å². The summed E-state index contributed by atoms with van der Waals surface area (Å²) in [6.45, 7) is 4.85. The molecule has 0 bridgehead atoms. The van der Waals surface area contributed by atoms with Gasteiger partial charge in [-0.15, -0.1) is 0 Å². The van der Waals surface area contributed by atoms with E-state index in [0.717, 1.165) is 17.1 Å². The van der Waals surface area contributed by atoms with Gasteiger partial charge in [-0.25, -0.2) is 0 Å². The van der Waals surface area contributed by atoms with Crippen LogP contribution in [0, 0.1) is 6.92 Å². The molecule has 1 aliphatic heterocycles. The van der Waals surface area contributed by atoms with Gasteiger partial charge < -0.3 is 14.2 Å². The van der Waals surface area contributed by atoms with Crippen molar-refractivity contribution in [3.8, 4) is 11.3 Å². The van der Waals surface area contributed by atoms with Crippen LogP contribution >= 0.6 is 0 Å². The van der Waals surface area contributed by atoms with Crippen LogP contribution in [0.25, 0.3) is 11.3 Å². The number of nitrogens with zero attached hydrogens (tertiary/aromatic N) is 2. The smallest absolute Gasteiger partial charge is 0.295 e. The molecule has 31 heavy (non-hydrogen) atoms. The van der Waals surface area contributed by atoms with Gasteiger partial charge >= 0.3 is 0 Å². The standard InChI is InChI=1S/C25H24N2O4/c1-17-16-26(24(29)21-6-4-3-5-7-21)14-15-27(17)25(30)23(28)20-11-9-19(10-12-20)22-13-8-18(2)31-22/h3-13,17H,14-16H2,1-2H3/t17-/m1/s1. The van der Waals surface area contributed by atoms with Crippen LogP contribution in [-0.4, -0.2) is 53.1 Å². The minimum atomic E-state index is -0.545. The van der Waals surface area contributed by atoms with Crippen LogP contribution in [0.4, 0.5) is 0 Å². The molecule has 0 unspecified atom stereocenters. The van der Waals surface area contributed by atoms with E-state index < -0.39 is 11.7 Å². The van der Waals surface area contributed by atoms with Gasteiger partial charge in [0.25, 0.3) is 11.8 Å². The summed E-state index contributed by atoms with van der Waals surface area (Å²) in [6.07, 6.45) is 0. The Morgan fingerprint density at radius 2 is 1.58 bits per heavy atom. The highest BCUT2D eigenvalue weighted by Crippen LogP contribution is 2.23. The summed E-state index contributed by atoms with van der Waals surface area (Å²) < 4.78 is 5.60. The van der Waals surface area contributed by atoms with Crippen molar-refractivity contribution in [1.82, 2.24) is 9.80 Å². The van der Waals surface area contributed by atoms with Crippen molar-refractivity contribution in [2.75, 3.05) is 19.6 Å². The van der Waals surface area contributed by atoms with E-state index in [1.54, 1.807) is 46.2 Å². The Balaban J connectivity index is 1.41. The van der Waals surface area contributed by atoms with Crippen molar-refractivity contribution < 1.29 is 18.8 Å². The number of aryl methyl sites for hydroxylation is 1. The quantitative estimate of drug-likeness (QED) is 0.479. The maximum Gasteiger partial charge on any atom is 0.295 e. The number of amides is 2. The Hall–Kier alpha value is -3.67. The third-order valence-electron chi connectivity index (χ3n) is 5.56. The van der Waals surface area contributed by atoms with Crippen LogP contribution in [0.1, 0.15) is 33.4 Å². The summed E-state index contributed by atoms with van der Waals surface area (Å²) in [5.41, 5.74) is 1.81. The first kappa shape index (κ1) is 20.6. The van der Waals surface area contributed by atoms with Crippen LogP contribution in [0.2, 0.25) is 0 Å². The molecule has 0 spiro atoms. The zero-order valence-electron chi connectivity index (χ0n) is 17.6. The van der Waals surface area contributed by atoms with Gasteiger partial charge in [-0.3, -0.25) is 14.4 Å². The van der Waals surface area contributed by atoms with E-state index in [9.17, 15) is 14.4 Å². The minimum absolute atomic E-state index is 0.0605. The molecule has 0 saturated carbocycles. The van der Waals surface area contributed by atoms with E-state index in [-0.39, 0.29) is 11.9 Å². The fourth-order valence-corrected chi connectivity index (χ4v) is 3.84. The molecule has 2 heterocycles. The minimum Gasteiger partial charge on any atom is -0.461 e. The largest absolute Gasteiger partial charge is 0.461 e. The predicted octanol–water partition coefficient (Wildman–Crippen LogP) is 3.81. The molecule has 2 aromatic carbocycles. The van der Waals surface area contributed by atoms with Crippen molar-refractivity contribution >= 4 is 17.6 Å². The first-order chi connectivity index (χ1) is 14.9. The molecule has 0 radical (unpaired) electrons. The van der Waals surface area contributed by atoms with Gasteiger partial charge in [0.1, 0.15) is 11.5 Å². The van der Waals surface area contributed by atoms with Crippen molar-refractivity contribution in [2.45, 2.75) is 19.9 Å². The second-order valence-electron chi connectivity index (χ2n) is 7.78. The maximum atomic E-state index is 12.9. The average molecular weight is 416 g/mol. The molecule has 6 heteroatoms. The van der Waals surface area contributed by atoms with Crippen LogP contribution < -0.4 is 0 Å². The fraction of sp³-hybridized carbons (Fsp3) is 0.240. The second kappa shape index (κ2) is 8.60. The summed E-state index contributed by atoms with van der Waals surface area (Å²) in [5, 5.41) is 0. The van der Waals surface area contributed by atoms with Gasteiger partial charge in [0.05, 0.1) is 0 Å². The Bertz CT molecular complexity index is 1100. The summed E-state index contributed by atoms with van der Waals surface area (Å²) in [7, 11) is 0. The average Bonchev–Trinajstić information content (AvgIpc) is 3.24. The second-order valence-corrected chi connectivity index (χ2v) is 7.78. The molecule has 1 aliphatic rings. The highest BCUT2D eigenvalue weighted by atomic mass is 16.3. The van der Waals surface area contributed by atoms with Crippen molar-refractivity contribution in [1.29, 1.82) is 0 Å². The summed E-state index contributed by atoms with van der Waals surface area (Å²) >= 11 is 0. The number of Topliss-reactive ketones (excluding diaryl/α,β-unsaturated/α-hetero) is 1. The number of hydrogen-bond acceptors (Lipinski definition) is 4. The molecule has 1 fully saturated rings. The Morgan fingerprint density at radius 3 is 2.19 bits per heavy atom. The van der Waals surface area contributed by atoms with Crippen LogP contribution in [0.3, 0.4) is 0 Å². The van der Waals surface area contributed by atoms with Crippen molar-refractivity contribution in [2.24, 2.45) is 0 Å². The molecular formula is C25H24N2O4. The monoisotopic (exact) mass is 416 g/mol. The van der Waals surface area contributed by atoms with E-state index in [1.807, 2.05) is 44.2 Å². The van der Waals surface area contributed by atoms with Crippen LogP contribution in [0.5, 0.6) is 0 Å². The first-order valence-corrected chi connectivity index (χ1v) is 10.3. The number of piperazine rings is 1. The Kier molecular flexibility index (Phi) is 5.71. The lowest BCUT2D eigenvalue weighted by Crippen LogP contribution is -2.56. The maximum absolute atomic E-state index is 12.9. The molecule has 1 atom stereocenters. The molecule has 1 aromatic heterocycles. The number of carbonyl (C=O) groups excluding carboxylic acids is 3. The van der Waals surface area contributed by atoms with Gasteiger partial charge in [-0.1, -0.05) is 42.5 Å². The summed E-state index contributed by atoms with van der Waals surface area (Å²) in [6, 6.07) is 19.4. The predicted molar refractivity (Wildman–Crippen MR) is 117 cm³/mol. The Morgan fingerprint density at radius 1 is 0.871 bits per heavy atom. The zero-order chi connectivity index (χ0) is 22.0. The third kappa shape index (κ3) is 4.28. The molecule has 2 amide bonds. The lowest BCUT2D eigenvalue weighted by Gasteiger charge is -2.39. The SMILES string of the molecule is Cc1ccc(-c2ccc(C(=O)C(=O)N3CCN(C(=O)c4ccccc4)C[C@H]3C)cc2)o1. The number of ketones is 1. The van der Waals surface area contributed by atoms with Gasteiger partial charge in [-0.05, 0) is 38.1 Å². The van der Waals surface area contributed by atoms with Crippen LogP contribution in [0.15, 0.2) is 71.1 Å². The van der Waals surface area contributed by atoms with E-state index in [2.05, 4.69) is 0 Å².